The number of phenolic OH excluding ortho intramolecular Hbond substituents is 1. The van der Waals surface area contributed by atoms with E-state index in [-0.39, 0.29) is 17.2 Å². The molecule has 1 heterocycles. The first kappa shape index (κ1) is 20.4. The summed E-state index contributed by atoms with van der Waals surface area (Å²) in [6.07, 6.45) is 1.43. The van der Waals surface area contributed by atoms with Crippen LogP contribution in [0.3, 0.4) is 0 Å². The molecule has 0 radical (unpaired) electrons. The van der Waals surface area contributed by atoms with Gasteiger partial charge in [0.2, 0.25) is 5.91 Å². The van der Waals surface area contributed by atoms with E-state index in [4.69, 9.17) is 4.74 Å². The average molecular weight is 460 g/mol. The number of aryl methyl sites for hydroxylation is 1. The van der Waals surface area contributed by atoms with E-state index in [1.807, 2.05) is 19.1 Å². The van der Waals surface area contributed by atoms with Crippen LogP contribution in [-0.4, -0.2) is 41.5 Å². The summed E-state index contributed by atoms with van der Waals surface area (Å²) in [4.78, 5) is 37.8. The van der Waals surface area contributed by atoms with E-state index >= 15 is 0 Å². The monoisotopic (exact) mass is 459 g/mol. The minimum absolute atomic E-state index is 0.00609. The molecule has 0 aliphatic carbocycles. The number of carbonyl (C=O) groups is 3. The summed E-state index contributed by atoms with van der Waals surface area (Å²) < 4.78 is 5.56. The van der Waals surface area contributed by atoms with Crippen LogP contribution in [0.1, 0.15) is 11.1 Å². The van der Waals surface area contributed by atoms with Crippen LogP contribution in [0.2, 0.25) is 0 Å². The van der Waals surface area contributed by atoms with Crippen LogP contribution in [0, 0.1) is 6.92 Å². The Labute approximate surface area is 175 Å². The Morgan fingerprint density at radius 3 is 2.62 bits per heavy atom. The molecule has 3 rings (SSSR count). The summed E-state index contributed by atoms with van der Waals surface area (Å²) in [6.45, 7) is 1.50. The molecule has 1 aliphatic rings. The largest absolute Gasteiger partial charge is 0.504 e. The van der Waals surface area contributed by atoms with Crippen molar-refractivity contribution in [1.29, 1.82) is 0 Å². The second-order valence-electron chi connectivity index (χ2n) is 6.34. The fourth-order valence-electron chi connectivity index (χ4n) is 2.68. The van der Waals surface area contributed by atoms with Crippen LogP contribution < -0.4 is 15.4 Å². The number of halogens is 1. The fraction of sp³-hybridized carbons (Fsp3) is 0.150. The molecule has 150 valence electrons. The molecular formula is C20H18BrN3O5. The van der Waals surface area contributed by atoms with Gasteiger partial charge >= 0.3 is 6.03 Å². The summed E-state index contributed by atoms with van der Waals surface area (Å²) in [7, 11) is 1.40. The summed E-state index contributed by atoms with van der Waals surface area (Å²) >= 11 is 3.29. The van der Waals surface area contributed by atoms with E-state index in [0.29, 0.717) is 15.7 Å². The third kappa shape index (κ3) is 4.57. The number of hydrogen-bond acceptors (Lipinski definition) is 5. The highest BCUT2D eigenvalue weighted by atomic mass is 79.9. The average Bonchev–Trinajstić information content (AvgIpc) is 2.93. The maximum Gasteiger partial charge on any atom is 0.329 e. The van der Waals surface area contributed by atoms with Gasteiger partial charge in [0, 0.05) is 10.2 Å². The van der Waals surface area contributed by atoms with Crippen molar-refractivity contribution in [3.63, 3.8) is 0 Å². The maximum atomic E-state index is 12.6. The third-order valence-electron chi connectivity index (χ3n) is 4.20. The van der Waals surface area contributed by atoms with Crippen LogP contribution in [0.5, 0.6) is 11.5 Å². The molecule has 1 fully saturated rings. The van der Waals surface area contributed by atoms with E-state index in [2.05, 4.69) is 26.6 Å². The molecular weight excluding hydrogens is 442 g/mol. The number of aromatic hydroxyl groups is 1. The third-order valence-corrected chi connectivity index (χ3v) is 4.88. The highest BCUT2D eigenvalue weighted by Gasteiger charge is 2.35. The molecule has 4 amide bonds. The van der Waals surface area contributed by atoms with Gasteiger partial charge in [-0.2, -0.15) is 0 Å². The summed E-state index contributed by atoms with van der Waals surface area (Å²) in [5, 5.41) is 14.9. The number of phenols is 1. The van der Waals surface area contributed by atoms with E-state index in [1.165, 1.54) is 25.3 Å². The number of carbonyl (C=O) groups excluding carboxylic acids is 3. The Morgan fingerprint density at radius 2 is 1.97 bits per heavy atom. The maximum absolute atomic E-state index is 12.6. The molecule has 0 saturated carbocycles. The molecule has 2 aromatic carbocycles. The van der Waals surface area contributed by atoms with Gasteiger partial charge in [-0.05, 0) is 42.8 Å². The SMILES string of the molecule is COc1cc(C=C2NC(=O)N(CC(=O)Nc3ccc(C)cc3)C2=O)c(Br)cc1O. The number of amides is 4. The lowest BCUT2D eigenvalue weighted by molar-refractivity contribution is -0.127. The van der Waals surface area contributed by atoms with Gasteiger partial charge in [0.05, 0.1) is 7.11 Å². The van der Waals surface area contributed by atoms with Gasteiger partial charge in [-0.3, -0.25) is 9.59 Å². The van der Waals surface area contributed by atoms with E-state index < -0.39 is 24.4 Å². The van der Waals surface area contributed by atoms with Crippen LogP contribution >= 0.6 is 15.9 Å². The summed E-state index contributed by atoms with van der Waals surface area (Å²) in [6, 6.07) is 9.39. The van der Waals surface area contributed by atoms with E-state index in [1.54, 1.807) is 12.1 Å². The van der Waals surface area contributed by atoms with Crippen LogP contribution in [0.4, 0.5) is 10.5 Å². The topological polar surface area (TPSA) is 108 Å². The molecule has 3 N–H and O–H groups in total. The Bertz CT molecular complexity index is 1020. The first-order valence-electron chi connectivity index (χ1n) is 8.56. The summed E-state index contributed by atoms with van der Waals surface area (Å²) in [5.41, 5.74) is 2.13. The number of hydrogen-bond donors (Lipinski definition) is 3. The molecule has 29 heavy (non-hydrogen) atoms. The fourth-order valence-corrected chi connectivity index (χ4v) is 3.13. The van der Waals surface area contributed by atoms with Gasteiger partial charge in [0.25, 0.3) is 5.91 Å². The van der Waals surface area contributed by atoms with Crippen molar-refractivity contribution in [2.45, 2.75) is 6.92 Å². The first-order chi connectivity index (χ1) is 13.8. The molecule has 8 nitrogen and oxygen atoms in total. The number of anilines is 1. The molecule has 0 atom stereocenters. The molecule has 2 aromatic rings. The van der Waals surface area contributed by atoms with Crippen molar-refractivity contribution in [1.82, 2.24) is 10.2 Å². The van der Waals surface area contributed by atoms with Crippen LogP contribution in [-0.2, 0) is 9.59 Å². The molecule has 0 spiro atoms. The van der Waals surface area contributed by atoms with Crippen molar-refractivity contribution >= 4 is 45.5 Å². The van der Waals surface area contributed by atoms with Gasteiger partial charge in [-0.15, -0.1) is 0 Å². The molecule has 1 saturated heterocycles. The number of rotatable bonds is 5. The second kappa shape index (κ2) is 8.36. The zero-order valence-corrected chi connectivity index (χ0v) is 17.2. The highest BCUT2D eigenvalue weighted by Crippen LogP contribution is 2.33. The highest BCUT2D eigenvalue weighted by molar-refractivity contribution is 9.10. The normalized spacial score (nSPS) is 14.9. The van der Waals surface area contributed by atoms with Gasteiger partial charge in [0.15, 0.2) is 11.5 Å². The number of nitrogens with one attached hydrogen (secondary N) is 2. The summed E-state index contributed by atoms with van der Waals surface area (Å²) in [5.74, 6) is -0.983. The Morgan fingerprint density at radius 1 is 1.28 bits per heavy atom. The standard InChI is InChI=1S/C20H18BrN3O5/c1-11-3-5-13(6-4-11)22-18(26)10-24-19(27)15(23-20(24)28)7-12-8-17(29-2)16(25)9-14(12)21/h3-9,25H,10H2,1-2H3,(H,22,26)(H,23,28). The zero-order chi connectivity index (χ0) is 21.1. The molecule has 0 aromatic heterocycles. The van der Waals surface area contributed by atoms with Crippen molar-refractivity contribution in [2.75, 3.05) is 19.0 Å². The Kier molecular flexibility index (Phi) is 5.88. The van der Waals surface area contributed by atoms with Crippen molar-refractivity contribution in [3.8, 4) is 11.5 Å². The number of imide groups is 1. The second-order valence-corrected chi connectivity index (χ2v) is 7.19. The molecule has 0 bridgehead atoms. The smallest absolute Gasteiger partial charge is 0.329 e. The zero-order valence-electron chi connectivity index (χ0n) is 15.7. The number of benzene rings is 2. The molecule has 1 aliphatic heterocycles. The number of urea groups is 1. The van der Waals surface area contributed by atoms with Crippen LogP contribution in [0.25, 0.3) is 6.08 Å². The Hall–Kier alpha value is -3.33. The van der Waals surface area contributed by atoms with Crippen molar-refractivity contribution in [3.05, 3.63) is 57.7 Å². The predicted molar refractivity (Wildman–Crippen MR) is 110 cm³/mol. The number of methoxy groups -OCH3 is 1. The lowest BCUT2D eigenvalue weighted by Gasteiger charge is -2.12. The molecule has 9 heteroatoms. The predicted octanol–water partition coefficient (Wildman–Crippen LogP) is 3.00. The van der Waals surface area contributed by atoms with E-state index in [0.717, 1.165) is 10.5 Å². The van der Waals surface area contributed by atoms with E-state index in [9.17, 15) is 19.5 Å². The minimum atomic E-state index is -0.692. The minimum Gasteiger partial charge on any atom is -0.504 e. The molecule has 0 unspecified atom stereocenters. The van der Waals surface area contributed by atoms with Crippen LogP contribution in [0.15, 0.2) is 46.6 Å². The van der Waals surface area contributed by atoms with Gasteiger partial charge in [0.1, 0.15) is 12.2 Å². The van der Waals surface area contributed by atoms with Gasteiger partial charge in [-0.1, -0.05) is 33.6 Å². The van der Waals surface area contributed by atoms with Gasteiger partial charge < -0.3 is 20.5 Å². The first-order valence-corrected chi connectivity index (χ1v) is 9.35. The Balaban J connectivity index is 1.75. The lowest BCUT2D eigenvalue weighted by Crippen LogP contribution is -2.38. The van der Waals surface area contributed by atoms with Gasteiger partial charge in [-0.25, -0.2) is 9.69 Å². The number of nitrogens with zero attached hydrogens (tertiary/aromatic N) is 1. The lowest BCUT2D eigenvalue weighted by atomic mass is 10.1. The number of ether oxygens (including phenoxy) is 1. The van der Waals surface area contributed by atoms with Crippen molar-refractivity contribution in [2.24, 2.45) is 0 Å². The quantitative estimate of drug-likeness (QED) is 0.470. The van der Waals surface area contributed by atoms with Crippen molar-refractivity contribution < 1.29 is 24.2 Å².